The molecule has 2 aromatic carbocycles. The van der Waals surface area contributed by atoms with Gasteiger partial charge in [0.1, 0.15) is 5.69 Å². The highest BCUT2D eigenvalue weighted by atomic mass is 35.5. The fraction of sp³-hybridized carbons (Fsp3) is 0.150. The van der Waals surface area contributed by atoms with Gasteiger partial charge in [-0.2, -0.15) is 18.3 Å². The standard InChI is InChI=1S/C20H14ClF3N4O2/c21-13-3-1-2-12(6-13)17(9-29)28-10-25-16-7-11(4-5-14(16)19(28)30)15-8-26-27-18(15)20(22,23)24/h1-8,10,17,29H,9H2,(H,26,27). The van der Waals surface area contributed by atoms with Crippen molar-refractivity contribution in [1.29, 1.82) is 0 Å². The van der Waals surface area contributed by atoms with Gasteiger partial charge in [-0.05, 0) is 35.4 Å². The topological polar surface area (TPSA) is 83.8 Å². The van der Waals surface area contributed by atoms with Crippen molar-refractivity contribution in [2.75, 3.05) is 6.61 Å². The zero-order valence-corrected chi connectivity index (χ0v) is 15.9. The summed E-state index contributed by atoms with van der Waals surface area (Å²) in [6.07, 6.45) is -2.26. The lowest BCUT2D eigenvalue weighted by atomic mass is 10.0. The van der Waals surface area contributed by atoms with E-state index < -0.39 is 23.5 Å². The minimum Gasteiger partial charge on any atom is -0.394 e. The van der Waals surface area contributed by atoms with Crippen molar-refractivity contribution in [3.05, 3.63) is 81.6 Å². The molecule has 0 aliphatic carbocycles. The highest BCUT2D eigenvalue weighted by Crippen LogP contribution is 2.35. The Labute approximate surface area is 172 Å². The fourth-order valence-electron chi connectivity index (χ4n) is 3.31. The maximum Gasteiger partial charge on any atom is 0.433 e. The third-order valence-electron chi connectivity index (χ3n) is 4.76. The molecule has 0 aliphatic heterocycles. The minimum atomic E-state index is -4.59. The monoisotopic (exact) mass is 434 g/mol. The average Bonchev–Trinajstić information content (AvgIpc) is 3.21. The molecular weight excluding hydrogens is 421 g/mol. The molecule has 0 saturated carbocycles. The molecule has 0 amide bonds. The number of aromatic amines is 1. The number of aliphatic hydroxyl groups is 1. The molecule has 4 aromatic rings. The number of hydrogen-bond acceptors (Lipinski definition) is 4. The van der Waals surface area contributed by atoms with Crippen molar-refractivity contribution in [2.24, 2.45) is 0 Å². The van der Waals surface area contributed by atoms with E-state index in [4.69, 9.17) is 11.6 Å². The summed E-state index contributed by atoms with van der Waals surface area (Å²) in [6, 6.07) is 10.2. The summed E-state index contributed by atoms with van der Waals surface area (Å²) in [4.78, 5) is 17.2. The Morgan fingerprint density at radius 2 is 2.00 bits per heavy atom. The van der Waals surface area contributed by atoms with Gasteiger partial charge in [0.2, 0.25) is 0 Å². The molecule has 30 heavy (non-hydrogen) atoms. The number of H-pyrrole nitrogens is 1. The van der Waals surface area contributed by atoms with Crippen molar-refractivity contribution in [3.8, 4) is 11.1 Å². The van der Waals surface area contributed by atoms with Gasteiger partial charge in [0.15, 0.2) is 0 Å². The molecule has 2 heterocycles. The number of aromatic nitrogens is 4. The number of alkyl halides is 3. The van der Waals surface area contributed by atoms with Crippen LogP contribution in [0.3, 0.4) is 0 Å². The number of hydrogen-bond donors (Lipinski definition) is 2. The number of halogens is 4. The average molecular weight is 435 g/mol. The van der Waals surface area contributed by atoms with E-state index in [1.807, 2.05) is 5.10 Å². The zero-order valence-electron chi connectivity index (χ0n) is 15.2. The van der Waals surface area contributed by atoms with Crippen LogP contribution < -0.4 is 5.56 Å². The third kappa shape index (κ3) is 3.57. The fourth-order valence-corrected chi connectivity index (χ4v) is 3.51. The Morgan fingerprint density at radius 3 is 2.70 bits per heavy atom. The van der Waals surface area contributed by atoms with E-state index in [0.29, 0.717) is 10.6 Å². The van der Waals surface area contributed by atoms with Crippen molar-refractivity contribution in [2.45, 2.75) is 12.2 Å². The molecule has 2 N–H and O–H groups in total. The summed E-state index contributed by atoms with van der Waals surface area (Å²) in [5, 5.41) is 16.0. The van der Waals surface area contributed by atoms with E-state index >= 15 is 0 Å². The number of rotatable bonds is 4. The van der Waals surface area contributed by atoms with Gasteiger partial charge in [-0.15, -0.1) is 0 Å². The molecule has 154 valence electrons. The van der Waals surface area contributed by atoms with Crippen LogP contribution in [0, 0.1) is 0 Å². The molecule has 0 spiro atoms. The summed E-state index contributed by atoms with van der Waals surface area (Å²) in [7, 11) is 0. The molecule has 1 atom stereocenters. The van der Waals surface area contributed by atoms with Crippen molar-refractivity contribution < 1.29 is 18.3 Å². The van der Waals surface area contributed by atoms with Crippen molar-refractivity contribution >= 4 is 22.5 Å². The lowest BCUT2D eigenvalue weighted by Gasteiger charge is -2.18. The molecule has 6 nitrogen and oxygen atoms in total. The number of benzene rings is 2. The Hall–Kier alpha value is -3.17. The predicted molar refractivity (Wildman–Crippen MR) is 105 cm³/mol. The molecular formula is C20H14ClF3N4O2. The minimum absolute atomic E-state index is 0.137. The normalized spacial score (nSPS) is 13.0. The largest absolute Gasteiger partial charge is 0.433 e. The van der Waals surface area contributed by atoms with E-state index in [1.165, 1.54) is 29.1 Å². The number of aliphatic hydroxyl groups excluding tert-OH is 1. The second-order valence-electron chi connectivity index (χ2n) is 6.60. The van der Waals surface area contributed by atoms with Crippen LogP contribution in [0.1, 0.15) is 17.3 Å². The predicted octanol–water partition coefficient (Wildman–Crippen LogP) is 4.04. The Morgan fingerprint density at radius 1 is 1.20 bits per heavy atom. The van der Waals surface area contributed by atoms with Crippen LogP contribution in [0.4, 0.5) is 13.2 Å². The van der Waals surface area contributed by atoms with Gasteiger partial charge in [0.25, 0.3) is 5.56 Å². The third-order valence-corrected chi connectivity index (χ3v) is 4.99. The van der Waals surface area contributed by atoms with Crippen LogP contribution in [0.25, 0.3) is 22.0 Å². The Bertz CT molecular complexity index is 1280. The first-order valence-electron chi connectivity index (χ1n) is 8.77. The molecule has 1 unspecified atom stereocenters. The summed E-state index contributed by atoms with van der Waals surface area (Å²) in [5.74, 6) is 0. The van der Waals surface area contributed by atoms with Crippen LogP contribution in [-0.4, -0.2) is 31.5 Å². The van der Waals surface area contributed by atoms with Gasteiger partial charge < -0.3 is 5.11 Å². The maximum absolute atomic E-state index is 13.1. The van der Waals surface area contributed by atoms with Gasteiger partial charge in [-0.3, -0.25) is 14.5 Å². The van der Waals surface area contributed by atoms with Gasteiger partial charge in [0, 0.05) is 10.6 Å². The maximum atomic E-state index is 13.1. The van der Waals surface area contributed by atoms with E-state index in [-0.39, 0.29) is 28.6 Å². The van der Waals surface area contributed by atoms with E-state index in [2.05, 4.69) is 10.1 Å². The van der Waals surface area contributed by atoms with Crippen LogP contribution in [0.2, 0.25) is 5.02 Å². The second kappa shape index (κ2) is 7.58. The lowest BCUT2D eigenvalue weighted by molar-refractivity contribution is -0.140. The lowest BCUT2D eigenvalue weighted by Crippen LogP contribution is -2.28. The molecule has 0 bridgehead atoms. The first kappa shape index (κ1) is 20.1. The SMILES string of the molecule is O=c1c2ccc(-c3cn[nH]c3C(F)(F)F)cc2ncn1C(CO)c1cccc(Cl)c1. The number of fused-ring (bicyclic) bond motifs is 1. The molecule has 0 aliphatic rings. The summed E-state index contributed by atoms with van der Waals surface area (Å²) < 4.78 is 40.7. The first-order valence-corrected chi connectivity index (χ1v) is 9.15. The molecule has 0 fully saturated rings. The van der Waals surface area contributed by atoms with Gasteiger partial charge in [-0.25, -0.2) is 4.98 Å². The number of nitrogens with zero attached hydrogens (tertiary/aromatic N) is 3. The smallest absolute Gasteiger partial charge is 0.394 e. The van der Waals surface area contributed by atoms with Crippen LogP contribution in [0.5, 0.6) is 0 Å². The molecule has 4 rings (SSSR count). The quantitative estimate of drug-likeness (QED) is 0.507. The highest BCUT2D eigenvalue weighted by Gasteiger charge is 2.36. The van der Waals surface area contributed by atoms with Crippen LogP contribution in [-0.2, 0) is 6.18 Å². The van der Waals surface area contributed by atoms with E-state index in [9.17, 15) is 23.1 Å². The summed E-state index contributed by atoms with van der Waals surface area (Å²) in [5.41, 5.74) is -0.474. The van der Waals surface area contributed by atoms with Crippen LogP contribution in [0.15, 0.2) is 59.8 Å². The molecule has 0 saturated heterocycles. The van der Waals surface area contributed by atoms with Gasteiger partial charge in [-0.1, -0.05) is 29.8 Å². The molecule has 10 heteroatoms. The zero-order chi connectivity index (χ0) is 21.5. The van der Waals surface area contributed by atoms with E-state index in [0.717, 1.165) is 6.20 Å². The second-order valence-corrected chi connectivity index (χ2v) is 7.04. The highest BCUT2D eigenvalue weighted by molar-refractivity contribution is 6.30. The van der Waals surface area contributed by atoms with Crippen molar-refractivity contribution in [3.63, 3.8) is 0 Å². The summed E-state index contributed by atoms with van der Waals surface area (Å²) >= 11 is 6.01. The van der Waals surface area contributed by atoms with E-state index in [1.54, 1.807) is 24.3 Å². The van der Waals surface area contributed by atoms with Gasteiger partial charge in [0.05, 0.1) is 36.1 Å². The number of nitrogens with one attached hydrogen (secondary N) is 1. The Kier molecular flexibility index (Phi) is 5.08. The van der Waals surface area contributed by atoms with Crippen LogP contribution >= 0.6 is 11.6 Å². The molecule has 0 radical (unpaired) electrons. The molecule has 2 aromatic heterocycles. The Balaban J connectivity index is 1.81. The first-order chi connectivity index (χ1) is 14.3. The van der Waals surface area contributed by atoms with Crippen molar-refractivity contribution in [1.82, 2.24) is 19.7 Å². The van der Waals surface area contributed by atoms with Gasteiger partial charge >= 0.3 is 6.18 Å². The summed E-state index contributed by atoms with van der Waals surface area (Å²) in [6.45, 7) is -0.366.